The van der Waals surface area contributed by atoms with Gasteiger partial charge >= 0.3 is 0 Å². The molecular weight excluding hydrogens is 227 g/mol. The van der Waals surface area contributed by atoms with Gasteiger partial charge in [0.25, 0.3) is 6.47 Å². The number of hydrogen-bond donors (Lipinski definition) is 1. The molecule has 0 spiro atoms. The van der Waals surface area contributed by atoms with E-state index >= 15 is 0 Å². The molecule has 1 rings (SSSR count). The summed E-state index contributed by atoms with van der Waals surface area (Å²) in [5, 5.41) is 9.34. The molecule has 0 amide bonds. The highest BCUT2D eigenvalue weighted by Crippen LogP contribution is 2.54. The fraction of sp³-hybridized carbons (Fsp3) is 0.889. The van der Waals surface area contributed by atoms with Crippen LogP contribution < -0.4 is 0 Å². The van der Waals surface area contributed by atoms with E-state index in [9.17, 15) is 5.11 Å². The third-order valence-corrected chi connectivity index (χ3v) is 2.87. The van der Waals surface area contributed by atoms with Crippen molar-refractivity contribution in [2.45, 2.75) is 31.2 Å². The molecule has 0 aliphatic heterocycles. The maximum absolute atomic E-state index is 9.34. The lowest BCUT2D eigenvalue weighted by molar-refractivity contribution is -0.126. The molecule has 0 heterocycles. The summed E-state index contributed by atoms with van der Waals surface area (Å²) in [6, 6.07) is 0. The Bertz CT molecular complexity index is 183. The van der Waals surface area contributed by atoms with E-state index in [2.05, 4.69) is 18.6 Å². The van der Waals surface area contributed by atoms with Gasteiger partial charge in [0, 0.05) is 0 Å². The Hall–Kier alpha value is 0.01000. The summed E-state index contributed by atoms with van der Waals surface area (Å²) in [5.41, 5.74) is 0.251. The molecular formula is C9H16Cl2O3. The number of carbonyl (C=O) groups is 1. The summed E-state index contributed by atoms with van der Waals surface area (Å²) in [4.78, 5) is 8.32. The van der Waals surface area contributed by atoms with Crippen LogP contribution in [0.1, 0.15) is 20.3 Å². The van der Waals surface area contributed by atoms with Crippen molar-refractivity contribution in [1.82, 2.24) is 0 Å². The molecule has 0 aromatic heterocycles. The molecule has 0 saturated heterocycles. The van der Waals surface area contributed by atoms with Crippen LogP contribution in [0, 0.1) is 11.3 Å². The Morgan fingerprint density at radius 1 is 1.57 bits per heavy atom. The van der Waals surface area contributed by atoms with E-state index in [0.29, 0.717) is 12.4 Å². The van der Waals surface area contributed by atoms with Crippen LogP contribution in [0.4, 0.5) is 0 Å². The van der Waals surface area contributed by atoms with Gasteiger partial charge in [-0.3, -0.25) is 4.79 Å². The van der Waals surface area contributed by atoms with Gasteiger partial charge < -0.3 is 9.84 Å². The lowest BCUT2D eigenvalue weighted by Gasteiger charge is -2.12. The van der Waals surface area contributed by atoms with Gasteiger partial charge in [0.1, 0.15) is 4.84 Å². The van der Waals surface area contributed by atoms with E-state index < -0.39 is 10.9 Å². The predicted molar refractivity (Wildman–Crippen MR) is 56.5 cm³/mol. The van der Waals surface area contributed by atoms with Crippen LogP contribution in [0.3, 0.4) is 0 Å². The second-order valence-electron chi connectivity index (χ2n) is 3.96. The number of methoxy groups -OCH3 is 1. The van der Waals surface area contributed by atoms with Crippen LogP contribution in [0.5, 0.6) is 0 Å². The van der Waals surface area contributed by atoms with Crippen LogP contribution in [0.25, 0.3) is 0 Å². The van der Waals surface area contributed by atoms with Crippen molar-refractivity contribution in [2.75, 3.05) is 7.11 Å². The first-order valence-corrected chi connectivity index (χ1v) is 5.16. The van der Waals surface area contributed by atoms with Crippen molar-refractivity contribution in [3.63, 3.8) is 0 Å². The molecule has 1 aliphatic rings. The summed E-state index contributed by atoms with van der Waals surface area (Å²) < 4.78 is 3.86. The number of halogens is 2. The van der Waals surface area contributed by atoms with E-state index in [1.165, 1.54) is 7.11 Å². The summed E-state index contributed by atoms with van der Waals surface area (Å²) >= 11 is 11.0. The topological polar surface area (TPSA) is 46.5 Å². The number of aliphatic hydroxyl groups is 1. The van der Waals surface area contributed by atoms with Gasteiger partial charge in [-0.05, 0) is 17.8 Å². The molecule has 0 radical (unpaired) electrons. The Kier molecular flexibility index (Phi) is 5.79. The van der Waals surface area contributed by atoms with E-state index in [-0.39, 0.29) is 5.41 Å². The molecule has 0 aromatic carbocycles. The summed E-state index contributed by atoms with van der Waals surface area (Å²) in [6.45, 7) is 4.59. The second kappa shape index (κ2) is 5.79. The van der Waals surface area contributed by atoms with Crippen molar-refractivity contribution in [1.29, 1.82) is 0 Å². The fourth-order valence-electron chi connectivity index (χ4n) is 1.27. The molecule has 0 aromatic rings. The first-order valence-electron chi connectivity index (χ1n) is 4.29. The Morgan fingerprint density at radius 2 is 1.93 bits per heavy atom. The van der Waals surface area contributed by atoms with E-state index in [1.54, 1.807) is 0 Å². The Morgan fingerprint density at radius 3 is 2.00 bits per heavy atom. The molecule has 2 unspecified atom stereocenters. The minimum Gasteiger partial charge on any atom is -0.471 e. The highest BCUT2D eigenvalue weighted by molar-refractivity contribution is 6.44. The monoisotopic (exact) mass is 242 g/mol. The summed E-state index contributed by atoms with van der Waals surface area (Å²) in [7, 11) is 1.31. The zero-order valence-corrected chi connectivity index (χ0v) is 10.0. The van der Waals surface area contributed by atoms with Crippen molar-refractivity contribution in [2.24, 2.45) is 11.3 Å². The minimum absolute atomic E-state index is 0.251. The largest absolute Gasteiger partial charge is 0.471 e. The summed E-state index contributed by atoms with van der Waals surface area (Å²) in [5.74, 6) is 0.299. The van der Waals surface area contributed by atoms with Gasteiger partial charge in [-0.15, -0.1) is 23.2 Å². The van der Waals surface area contributed by atoms with Crippen LogP contribution in [-0.2, 0) is 9.53 Å². The number of alkyl halides is 2. The zero-order chi connectivity index (χ0) is 11.4. The van der Waals surface area contributed by atoms with Gasteiger partial charge in [-0.2, -0.15) is 0 Å². The van der Waals surface area contributed by atoms with Crippen molar-refractivity contribution in [3.8, 4) is 0 Å². The van der Waals surface area contributed by atoms with Crippen LogP contribution in [0.15, 0.2) is 0 Å². The molecule has 2 atom stereocenters. The maximum Gasteiger partial charge on any atom is 0.292 e. The average molecular weight is 243 g/mol. The minimum atomic E-state index is -0.633. The lowest BCUT2D eigenvalue weighted by Crippen LogP contribution is -2.20. The van der Waals surface area contributed by atoms with Gasteiger partial charge in [0.05, 0.1) is 13.2 Å². The lowest BCUT2D eigenvalue weighted by atomic mass is 10.1. The number of ether oxygens (including phenoxy) is 1. The number of aliphatic hydroxyl groups excluding tert-OH is 1. The normalized spacial score (nSPS) is 24.6. The standard InChI is InChI=1S/C7H12Cl2O.C2H4O2/c1-7(2)3-4(7)5(10)6(8)9;1-4-2-3/h4-6,10H,3H2,1-2H3;2H,1H3. The molecule has 1 fully saturated rings. The zero-order valence-electron chi connectivity index (χ0n) is 8.54. The van der Waals surface area contributed by atoms with E-state index in [4.69, 9.17) is 28.0 Å². The molecule has 0 bridgehead atoms. The predicted octanol–water partition coefficient (Wildman–Crippen LogP) is 1.99. The smallest absolute Gasteiger partial charge is 0.292 e. The number of carbonyl (C=O) groups excluding carboxylic acids is 1. The highest BCUT2D eigenvalue weighted by Gasteiger charge is 2.51. The van der Waals surface area contributed by atoms with Gasteiger partial charge in [-0.25, -0.2) is 0 Å². The Balaban J connectivity index is 0.000000364. The van der Waals surface area contributed by atoms with E-state index in [1.807, 2.05) is 0 Å². The quantitative estimate of drug-likeness (QED) is 0.609. The number of hydrogen-bond acceptors (Lipinski definition) is 3. The molecule has 5 heteroatoms. The SMILES string of the molecule is CC1(C)CC1C(O)C(Cl)Cl.COC=O. The molecule has 1 N–H and O–H groups in total. The van der Waals surface area contributed by atoms with Crippen LogP contribution >= 0.6 is 23.2 Å². The van der Waals surface area contributed by atoms with Crippen molar-refractivity contribution >= 4 is 29.7 Å². The van der Waals surface area contributed by atoms with Gasteiger partial charge in [0.15, 0.2) is 0 Å². The molecule has 84 valence electrons. The molecule has 1 saturated carbocycles. The average Bonchev–Trinajstić information content (AvgIpc) is 2.74. The fourth-order valence-corrected chi connectivity index (χ4v) is 1.62. The van der Waals surface area contributed by atoms with E-state index in [0.717, 1.165) is 6.42 Å². The van der Waals surface area contributed by atoms with Crippen molar-refractivity contribution in [3.05, 3.63) is 0 Å². The summed E-state index contributed by atoms with van der Waals surface area (Å²) in [6.07, 6.45) is 0.489. The van der Waals surface area contributed by atoms with Gasteiger partial charge in [0.2, 0.25) is 0 Å². The van der Waals surface area contributed by atoms with Crippen molar-refractivity contribution < 1.29 is 14.6 Å². The maximum atomic E-state index is 9.34. The first-order chi connectivity index (χ1) is 6.36. The Labute approximate surface area is 94.3 Å². The number of rotatable bonds is 3. The molecule has 14 heavy (non-hydrogen) atoms. The molecule has 1 aliphatic carbocycles. The van der Waals surface area contributed by atoms with Crippen LogP contribution in [-0.4, -0.2) is 29.6 Å². The second-order valence-corrected chi connectivity index (χ2v) is 5.12. The highest BCUT2D eigenvalue weighted by atomic mass is 35.5. The molecule has 3 nitrogen and oxygen atoms in total. The third-order valence-electron chi connectivity index (χ3n) is 2.36. The first kappa shape index (κ1) is 14.0. The third kappa shape index (κ3) is 4.49. The van der Waals surface area contributed by atoms with Gasteiger partial charge in [-0.1, -0.05) is 13.8 Å². The van der Waals surface area contributed by atoms with Crippen LogP contribution in [0.2, 0.25) is 0 Å².